The number of rotatable bonds is 9. The first-order valence-electron chi connectivity index (χ1n) is 6.78. The molecule has 0 saturated carbocycles. The molecule has 15 heavy (non-hydrogen) atoms. The van der Waals surface area contributed by atoms with Gasteiger partial charge in [-0.1, -0.05) is 47.5 Å². The van der Waals surface area contributed by atoms with Crippen molar-refractivity contribution in [3.8, 4) is 0 Å². The summed E-state index contributed by atoms with van der Waals surface area (Å²) in [5.41, 5.74) is 0. The molecular formula is C14H31N. The van der Waals surface area contributed by atoms with Crippen molar-refractivity contribution in [1.82, 2.24) is 5.32 Å². The van der Waals surface area contributed by atoms with Gasteiger partial charge in [0.05, 0.1) is 0 Å². The fourth-order valence-corrected chi connectivity index (χ4v) is 1.92. The predicted octanol–water partition coefficient (Wildman–Crippen LogP) is 4.08. The second-order valence-electron chi connectivity index (χ2n) is 5.53. The molecule has 0 bridgehead atoms. The largest absolute Gasteiger partial charge is 0.316 e. The van der Waals surface area contributed by atoms with Crippen molar-refractivity contribution < 1.29 is 0 Å². The van der Waals surface area contributed by atoms with Gasteiger partial charge in [0.2, 0.25) is 0 Å². The second kappa shape index (κ2) is 9.21. The maximum Gasteiger partial charge on any atom is -0.00181 e. The van der Waals surface area contributed by atoms with Crippen LogP contribution in [-0.4, -0.2) is 13.1 Å². The van der Waals surface area contributed by atoms with E-state index in [1.807, 2.05) is 0 Å². The molecule has 0 fully saturated rings. The average Bonchev–Trinajstić information content (AvgIpc) is 2.15. The van der Waals surface area contributed by atoms with E-state index in [1.165, 1.54) is 38.8 Å². The van der Waals surface area contributed by atoms with Crippen LogP contribution in [0.2, 0.25) is 0 Å². The van der Waals surface area contributed by atoms with Crippen LogP contribution in [0.3, 0.4) is 0 Å². The van der Waals surface area contributed by atoms with Crippen LogP contribution in [0.25, 0.3) is 0 Å². The van der Waals surface area contributed by atoms with E-state index in [0.29, 0.717) is 0 Å². The van der Waals surface area contributed by atoms with Crippen molar-refractivity contribution >= 4 is 0 Å². The van der Waals surface area contributed by atoms with E-state index in [-0.39, 0.29) is 0 Å². The van der Waals surface area contributed by atoms with E-state index in [0.717, 1.165) is 17.8 Å². The molecule has 0 radical (unpaired) electrons. The standard InChI is InChI=1S/C14H31N/c1-6-10-15-11-14(13(4)5)9-7-8-12(2)3/h12-15H,6-11H2,1-5H3. The van der Waals surface area contributed by atoms with Gasteiger partial charge >= 0.3 is 0 Å². The van der Waals surface area contributed by atoms with Crippen LogP contribution >= 0.6 is 0 Å². The molecule has 0 rings (SSSR count). The zero-order valence-corrected chi connectivity index (χ0v) is 11.5. The quantitative estimate of drug-likeness (QED) is 0.569. The molecule has 0 heterocycles. The maximum absolute atomic E-state index is 3.55. The van der Waals surface area contributed by atoms with Gasteiger partial charge in [-0.15, -0.1) is 0 Å². The summed E-state index contributed by atoms with van der Waals surface area (Å²) in [4.78, 5) is 0. The van der Waals surface area contributed by atoms with Gasteiger partial charge in [0, 0.05) is 0 Å². The Hall–Kier alpha value is -0.0400. The van der Waals surface area contributed by atoms with Crippen LogP contribution < -0.4 is 5.32 Å². The number of nitrogens with one attached hydrogen (secondary N) is 1. The Morgan fingerprint density at radius 2 is 1.67 bits per heavy atom. The van der Waals surface area contributed by atoms with Crippen molar-refractivity contribution in [3.05, 3.63) is 0 Å². The smallest absolute Gasteiger partial charge is 0.00181 e. The maximum atomic E-state index is 3.55. The van der Waals surface area contributed by atoms with E-state index < -0.39 is 0 Å². The summed E-state index contributed by atoms with van der Waals surface area (Å²) in [6.45, 7) is 14.0. The highest BCUT2D eigenvalue weighted by Crippen LogP contribution is 2.19. The van der Waals surface area contributed by atoms with Crippen LogP contribution in [0.4, 0.5) is 0 Å². The molecule has 0 aromatic rings. The fraction of sp³-hybridized carbons (Fsp3) is 1.00. The van der Waals surface area contributed by atoms with Crippen molar-refractivity contribution in [1.29, 1.82) is 0 Å². The van der Waals surface area contributed by atoms with Crippen molar-refractivity contribution in [2.75, 3.05) is 13.1 Å². The summed E-state index contributed by atoms with van der Waals surface area (Å²) in [7, 11) is 0. The second-order valence-corrected chi connectivity index (χ2v) is 5.53. The van der Waals surface area contributed by atoms with Crippen LogP contribution in [0.15, 0.2) is 0 Å². The summed E-state index contributed by atoms with van der Waals surface area (Å²) in [6.07, 6.45) is 5.43. The predicted molar refractivity (Wildman–Crippen MR) is 70.2 cm³/mol. The van der Waals surface area contributed by atoms with E-state index in [9.17, 15) is 0 Å². The molecule has 0 aromatic carbocycles. The van der Waals surface area contributed by atoms with Gasteiger partial charge in [-0.05, 0) is 43.7 Å². The fourth-order valence-electron chi connectivity index (χ4n) is 1.92. The van der Waals surface area contributed by atoms with Crippen molar-refractivity contribution in [2.24, 2.45) is 17.8 Å². The van der Waals surface area contributed by atoms with Gasteiger partial charge in [0.15, 0.2) is 0 Å². The van der Waals surface area contributed by atoms with Crippen LogP contribution in [0.1, 0.15) is 60.3 Å². The normalized spacial score (nSPS) is 13.8. The summed E-state index contributed by atoms with van der Waals surface area (Å²) in [5, 5.41) is 3.55. The lowest BCUT2D eigenvalue weighted by Gasteiger charge is -2.21. The Morgan fingerprint density at radius 1 is 1.00 bits per heavy atom. The minimum Gasteiger partial charge on any atom is -0.316 e. The first kappa shape index (κ1) is 15.0. The monoisotopic (exact) mass is 213 g/mol. The molecule has 1 atom stereocenters. The number of hydrogen-bond donors (Lipinski definition) is 1. The minimum atomic E-state index is 0.821. The van der Waals surface area contributed by atoms with E-state index in [4.69, 9.17) is 0 Å². The van der Waals surface area contributed by atoms with Crippen LogP contribution in [0.5, 0.6) is 0 Å². The van der Waals surface area contributed by atoms with Gasteiger partial charge < -0.3 is 5.32 Å². The molecule has 1 N–H and O–H groups in total. The molecule has 1 heteroatoms. The molecule has 92 valence electrons. The lowest BCUT2D eigenvalue weighted by molar-refractivity contribution is 0.323. The van der Waals surface area contributed by atoms with Gasteiger partial charge in [0.1, 0.15) is 0 Å². The van der Waals surface area contributed by atoms with Gasteiger partial charge in [-0.25, -0.2) is 0 Å². The lowest BCUT2D eigenvalue weighted by atomic mass is 9.89. The molecule has 0 spiro atoms. The molecule has 0 aliphatic rings. The van der Waals surface area contributed by atoms with Crippen molar-refractivity contribution in [3.63, 3.8) is 0 Å². The van der Waals surface area contributed by atoms with Crippen LogP contribution in [-0.2, 0) is 0 Å². The summed E-state index contributed by atoms with van der Waals surface area (Å²) in [5.74, 6) is 2.55. The first-order chi connectivity index (χ1) is 7.07. The third-order valence-electron chi connectivity index (χ3n) is 3.13. The van der Waals surface area contributed by atoms with Gasteiger partial charge in [-0.3, -0.25) is 0 Å². The molecular weight excluding hydrogens is 182 g/mol. The molecule has 0 amide bonds. The number of hydrogen-bond acceptors (Lipinski definition) is 1. The molecule has 0 aliphatic carbocycles. The molecule has 1 unspecified atom stereocenters. The SMILES string of the molecule is CCCNCC(CCCC(C)C)C(C)C. The Labute approximate surface area is 97.0 Å². The van der Waals surface area contributed by atoms with E-state index in [2.05, 4.69) is 39.9 Å². The lowest BCUT2D eigenvalue weighted by Crippen LogP contribution is -2.26. The Morgan fingerprint density at radius 3 is 2.13 bits per heavy atom. The minimum absolute atomic E-state index is 0.821. The summed E-state index contributed by atoms with van der Waals surface area (Å²) >= 11 is 0. The molecule has 1 nitrogen and oxygen atoms in total. The molecule has 0 saturated heterocycles. The van der Waals surface area contributed by atoms with Crippen LogP contribution in [0, 0.1) is 17.8 Å². The zero-order valence-electron chi connectivity index (χ0n) is 11.5. The first-order valence-corrected chi connectivity index (χ1v) is 6.78. The summed E-state index contributed by atoms with van der Waals surface area (Å²) in [6, 6.07) is 0. The summed E-state index contributed by atoms with van der Waals surface area (Å²) < 4.78 is 0. The van der Waals surface area contributed by atoms with Crippen molar-refractivity contribution in [2.45, 2.75) is 60.3 Å². The van der Waals surface area contributed by atoms with E-state index >= 15 is 0 Å². The Kier molecular flexibility index (Phi) is 9.18. The Bertz CT molecular complexity index is 129. The van der Waals surface area contributed by atoms with Gasteiger partial charge in [0.25, 0.3) is 0 Å². The highest BCUT2D eigenvalue weighted by molar-refractivity contribution is 4.66. The average molecular weight is 213 g/mol. The molecule has 0 aromatic heterocycles. The topological polar surface area (TPSA) is 12.0 Å². The van der Waals surface area contributed by atoms with E-state index in [1.54, 1.807) is 0 Å². The third kappa shape index (κ3) is 8.92. The highest BCUT2D eigenvalue weighted by Gasteiger charge is 2.12. The third-order valence-corrected chi connectivity index (χ3v) is 3.13. The Balaban J connectivity index is 3.64. The van der Waals surface area contributed by atoms with Gasteiger partial charge in [-0.2, -0.15) is 0 Å². The molecule has 0 aliphatic heterocycles. The highest BCUT2D eigenvalue weighted by atomic mass is 14.9. The zero-order chi connectivity index (χ0) is 11.7.